The summed E-state index contributed by atoms with van der Waals surface area (Å²) in [6.07, 6.45) is 4.66. The van der Waals surface area contributed by atoms with Crippen molar-refractivity contribution in [3.63, 3.8) is 0 Å². The molecule has 0 radical (unpaired) electrons. The summed E-state index contributed by atoms with van der Waals surface area (Å²) in [5.41, 5.74) is 1.32. The molecule has 1 aromatic heterocycles. The van der Waals surface area contributed by atoms with Crippen molar-refractivity contribution in [1.29, 1.82) is 0 Å². The van der Waals surface area contributed by atoms with Crippen LogP contribution in [0.1, 0.15) is 53.4 Å². The number of nitrogens with one attached hydrogen (secondary N) is 1. The number of hydrogen-bond acceptors (Lipinski definition) is 6. The second-order valence-electron chi connectivity index (χ2n) is 7.72. The van der Waals surface area contributed by atoms with Gasteiger partial charge in [-0.1, -0.05) is 0 Å². The summed E-state index contributed by atoms with van der Waals surface area (Å²) in [6, 6.07) is 2.82. The van der Waals surface area contributed by atoms with E-state index in [1.807, 2.05) is 0 Å². The Balaban J connectivity index is 1.69. The summed E-state index contributed by atoms with van der Waals surface area (Å²) < 4.78 is 57.2. The highest BCUT2D eigenvalue weighted by Gasteiger charge is 2.27. The van der Waals surface area contributed by atoms with E-state index in [4.69, 9.17) is 4.74 Å². The molecule has 0 unspecified atom stereocenters. The van der Waals surface area contributed by atoms with E-state index in [0.717, 1.165) is 58.8 Å². The number of halogens is 2. The molecule has 0 atom stereocenters. The number of carbonyl (C=O) groups is 2. The van der Waals surface area contributed by atoms with Gasteiger partial charge in [-0.3, -0.25) is 9.10 Å². The maximum atomic E-state index is 13.6. The lowest BCUT2D eigenvalue weighted by molar-refractivity contribution is -0.116. The summed E-state index contributed by atoms with van der Waals surface area (Å²) in [5.74, 6) is -3.08. The Kier molecular flexibility index (Phi) is 8.06. The Morgan fingerprint density at radius 3 is 2.58 bits per heavy atom. The second kappa shape index (κ2) is 10.6. The number of sulfonamides is 1. The van der Waals surface area contributed by atoms with Gasteiger partial charge in [0.05, 0.1) is 24.1 Å². The number of benzene rings is 1. The van der Waals surface area contributed by atoms with Gasteiger partial charge in [-0.2, -0.15) is 0 Å². The smallest absolute Gasteiger partial charge is 0.341 e. The average Bonchev–Trinajstić information content (AvgIpc) is 3.10. The van der Waals surface area contributed by atoms with Crippen LogP contribution in [0.5, 0.6) is 0 Å². The van der Waals surface area contributed by atoms with Gasteiger partial charge < -0.3 is 10.1 Å². The Bertz CT molecular complexity index is 1150. The molecule has 33 heavy (non-hydrogen) atoms. The molecule has 3 rings (SSSR count). The number of hydrogen-bond donors (Lipinski definition) is 1. The zero-order valence-electron chi connectivity index (χ0n) is 18.4. The van der Waals surface area contributed by atoms with Crippen LogP contribution >= 0.6 is 11.3 Å². The fourth-order valence-electron chi connectivity index (χ4n) is 3.77. The summed E-state index contributed by atoms with van der Waals surface area (Å²) in [7, 11) is -3.78. The van der Waals surface area contributed by atoms with Crippen LogP contribution in [0.4, 0.5) is 19.5 Å². The predicted molar refractivity (Wildman–Crippen MR) is 123 cm³/mol. The molecular weight excluding hydrogens is 474 g/mol. The second-order valence-corrected chi connectivity index (χ2v) is 10.7. The van der Waals surface area contributed by atoms with E-state index in [2.05, 4.69) is 5.32 Å². The summed E-state index contributed by atoms with van der Waals surface area (Å²) >= 11 is 1.37. The zero-order chi connectivity index (χ0) is 24.2. The van der Waals surface area contributed by atoms with Crippen molar-refractivity contribution in [2.45, 2.75) is 45.4 Å². The molecule has 7 nitrogen and oxygen atoms in total. The average molecular weight is 501 g/mol. The van der Waals surface area contributed by atoms with Gasteiger partial charge in [-0.25, -0.2) is 22.0 Å². The Morgan fingerprint density at radius 2 is 1.91 bits per heavy atom. The van der Waals surface area contributed by atoms with E-state index in [1.54, 1.807) is 6.92 Å². The standard InChI is InChI=1S/C22H26F2N2O5S2/c1-3-31-22(28)20-15-7-4-5-8-18(15)32-21(20)25-19(27)9-6-12-26(33(2,29)30)14-10-11-16(23)17(24)13-14/h10-11,13H,3-9,12H2,1-2H3,(H,25,27). The van der Waals surface area contributed by atoms with Crippen LogP contribution < -0.4 is 9.62 Å². The molecule has 1 aliphatic rings. The number of esters is 1. The van der Waals surface area contributed by atoms with Crippen LogP contribution in [-0.4, -0.2) is 39.7 Å². The van der Waals surface area contributed by atoms with E-state index in [-0.39, 0.29) is 37.6 Å². The molecule has 1 aromatic carbocycles. The SMILES string of the molecule is CCOC(=O)c1c(NC(=O)CCCN(c2ccc(F)c(F)c2)S(C)(=O)=O)sc2c1CCCC2. The van der Waals surface area contributed by atoms with Crippen LogP contribution in [0.3, 0.4) is 0 Å². The minimum absolute atomic E-state index is 0.0210. The highest BCUT2D eigenvalue weighted by atomic mass is 32.2. The predicted octanol–water partition coefficient (Wildman–Crippen LogP) is 4.27. The van der Waals surface area contributed by atoms with Crippen molar-refractivity contribution in [3.8, 4) is 0 Å². The molecule has 0 aliphatic heterocycles. The number of anilines is 2. The molecule has 1 N–H and O–H groups in total. The maximum Gasteiger partial charge on any atom is 0.341 e. The molecule has 0 saturated carbocycles. The lowest BCUT2D eigenvalue weighted by Gasteiger charge is -2.22. The van der Waals surface area contributed by atoms with Gasteiger partial charge in [-0.05, 0) is 56.7 Å². The molecule has 0 spiro atoms. The number of ether oxygens (including phenoxy) is 1. The van der Waals surface area contributed by atoms with E-state index >= 15 is 0 Å². The van der Waals surface area contributed by atoms with Gasteiger partial charge in [0.1, 0.15) is 5.00 Å². The van der Waals surface area contributed by atoms with Crippen LogP contribution in [0.15, 0.2) is 18.2 Å². The van der Waals surface area contributed by atoms with Crippen molar-refractivity contribution in [3.05, 3.63) is 45.8 Å². The van der Waals surface area contributed by atoms with Crippen LogP contribution in [0.2, 0.25) is 0 Å². The van der Waals surface area contributed by atoms with Crippen molar-refractivity contribution >= 4 is 43.9 Å². The summed E-state index contributed by atoms with van der Waals surface area (Å²) in [5, 5.41) is 3.23. The van der Waals surface area contributed by atoms with Gasteiger partial charge in [-0.15, -0.1) is 11.3 Å². The number of carbonyl (C=O) groups excluding carboxylic acids is 2. The third-order valence-electron chi connectivity index (χ3n) is 5.26. The fourth-order valence-corrected chi connectivity index (χ4v) is 6.02. The lowest BCUT2D eigenvalue weighted by atomic mass is 9.95. The maximum absolute atomic E-state index is 13.6. The first-order valence-corrected chi connectivity index (χ1v) is 13.3. The molecule has 0 bridgehead atoms. The molecule has 0 saturated heterocycles. The molecule has 1 amide bonds. The third kappa shape index (κ3) is 6.08. The minimum Gasteiger partial charge on any atom is -0.462 e. The molecule has 2 aromatic rings. The largest absolute Gasteiger partial charge is 0.462 e. The van der Waals surface area contributed by atoms with E-state index in [1.165, 1.54) is 17.4 Å². The number of thiophene rings is 1. The molecule has 180 valence electrons. The van der Waals surface area contributed by atoms with Crippen LogP contribution in [0, 0.1) is 11.6 Å². The molecule has 0 fully saturated rings. The third-order valence-corrected chi connectivity index (χ3v) is 7.66. The van der Waals surface area contributed by atoms with Gasteiger partial charge in [0.15, 0.2) is 11.6 Å². The zero-order valence-corrected chi connectivity index (χ0v) is 20.1. The number of rotatable bonds is 9. The van der Waals surface area contributed by atoms with Gasteiger partial charge >= 0.3 is 5.97 Å². The van der Waals surface area contributed by atoms with Crippen molar-refractivity contribution in [2.75, 3.05) is 29.0 Å². The van der Waals surface area contributed by atoms with E-state index in [9.17, 15) is 26.8 Å². The van der Waals surface area contributed by atoms with E-state index < -0.39 is 27.6 Å². The van der Waals surface area contributed by atoms with Crippen molar-refractivity contribution < 1.29 is 31.5 Å². The quantitative estimate of drug-likeness (QED) is 0.519. The highest BCUT2D eigenvalue weighted by Crippen LogP contribution is 2.38. The Hall–Kier alpha value is -2.53. The minimum atomic E-state index is -3.78. The molecule has 1 heterocycles. The lowest BCUT2D eigenvalue weighted by Crippen LogP contribution is -2.31. The Morgan fingerprint density at radius 1 is 1.18 bits per heavy atom. The molecule has 1 aliphatic carbocycles. The monoisotopic (exact) mass is 500 g/mol. The van der Waals surface area contributed by atoms with Crippen LogP contribution in [0.25, 0.3) is 0 Å². The topological polar surface area (TPSA) is 92.8 Å². The number of fused-ring (bicyclic) bond motifs is 1. The fraction of sp³-hybridized carbons (Fsp3) is 0.455. The normalized spacial score (nSPS) is 13.3. The number of nitrogens with zero attached hydrogens (tertiary/aromatic N) is 1. The van der Waals surface area contributed by atoms with E-state index in [0.29, 0.717) is 10.6 Å². The van der Waals surface area contributed by atoms with Crippen LogP contribution in [-0.2, 0) is 32.4 Å². The first-order chi connectivity index (χ1) is 15.6. The highest BCUT2D eigenvalue weighted by molar-refractivity contribution is 7.92. The van der Waals surface area contributed by atoms with Gasteiger partial charge in [0, 0.05) is 23.9 Å². The Labute approximate surface area is 195 Å². The first kappa shape index (κ1) is 25.1. The summed E-state index contributed by atoms with van der Waals surface area (Å²) in [4.78, 5) is 26.2. The number of amides is 1. The number of aryl methyl sites for hydroxylation is 1. The van der Waals surface area contributed by atoms with Gasteiger partial charge in [0.25, 0.3) is 0 Å². The molecule has 11 heteroatoms. The molecular formula is C22H26F2N2O5S2. The first-order valence-electron chi connectivity index (χ1n) is 10.7. The van der Waals surface area contributed by atoms with Crippen molar-refractivity contribution in [2.24, 2.45) is 0 Å². The summed E-state index contributed by atoms with van der Waals surface area (Å²) in [6.45, 7) is 1.85. The van der Waals surface area contributed by atoms with Crippen molar-refractivity contribution in [1.82, 2.24) is 0 Å². The van der Waals surface area contributed by atoms with Gasteiger partial charge in [0.2, 0.25) is 15.9 Å².